The van der Waals surface area contributed by atoms with Gasteiger partial charge >= 0.3 is 0 Å². The Bertz CT molecular complexity index is 473. The molecule has 0 saturated carbocycles. The minimum absolute atomic E-state index is 0.0227. The quantitative estimate of drug-likeness (QED) is 0.869. The standard InChI is InChI=1S/C13H15F2NO3/c14-10-2-1-9(7-11(10)15)12(17)16-8-13(18)3-5-19-6-4-13/h1-2,7,18H,3-6,8H2,(H,16,17). The number of benzene rings is 1. The highest BCUT2D eigenvalue weighted by Crippen LogP contribution is 2.19. The summed E-state index contributed by atoms with van der Waals surface area (Å²) in [5.74, 6) is -2.61. The maximum atomic E-state index is 13.0. The lowest BCUT2D eigenvalue weighted by molar-refractivity contribution is -0.0605. The average molecular weight is 271 g/mol. The SMILES string of the molecule is O=C(NCC1(O)CCOCC1)c1ccc(F)c(F)c1. The van der Waals surface area contributed by atoms with E-state index in [0.717, 1.165) is 12.1 Å². The van der Waals surface area contributed by atoms with E-state index in [2.05, 4.69) is 5.32 Å². The van der Waals surface area contributed by atoms with Crippen molar-refractivity contribution in [2.45, 2.75) is 18.4 Å². The van der Waals surface area contributed by atoms with Crippen LogP contribution in [0.1, 0.15) is 23.2 Å². The van der Waals surface area contributed by atoms with Crippen molar-refractivity contribution < 1.29 is 23.4 Å². The van der Waals surface area contributed by atoms with Crippen LogP contribution in [-0.4, -0.2) is 36.4 Å². The maximum Gasteiger partial charge on any atom is 0.251 e. The molecule has 1 aromatic rings. The van der Waals surface area contributed by atoms with E-state index in [1.54, 1.807) is 0 Å². The smallest absolute Gasteiger partial charge is 0.251 e. The van der Waals surface area contributed by atoms with E-state index in [4.69, 9.17) is 4.74 Å². The highest BCUT2D eigenvalue weighted by atomic mass is 19.2. The molecule has 1 aliphatic heterocycles. The molecular weight excluding hydrogens is 256 g/mol. The Morgan fingerprint density at radius 3 is 2.63 bits per heavy atom. The van der Waals surface area contributed by atoms with Crippen molar-refractivity contribution >= 4 is 5.91 Å². The Labute approximate surface area is 109 Å². The highest BCUT2D eigenvalue weighted by molar-refractivity contribution is 5.94. The number of ether oxygens (including phenoxy) is 1. The van der Waals surface area contributed by atoms with E-state index in [1.807, 2.05) is 0 Å². The third-order valence-corrected chi connectivity index (χ3v) is 3.18. The molecule has 1 saturated heterocycles. The fourth-order valence-electron chi connectivity index (χ4n) is 1.91. The predicted octanol–water partition coefficient (Wildman–Crippen LogP) is 1.24. The lowest BCUT2D eigenvalue weighted by atomic mass is 9.94. The van der Waals surface area contributed by atoms with Gasteiger partial charge in [0, 0.05) is 38.2 Å². The van der Waals surface area contributed by atoms with E-state index in [9.17, 15) is 18.7 Å². The first-order valence-electron chi connectivity index (χ1n) is 6.04. The molecular formula is C13H15F2NO3. The van der Waals surface area contributed by atoms with E-state index >= 15 is 0 Å². The third-order valence-electron chi connectivity index (χ3n) is 3.18. The summed E-state index contributed by atoms with van der Waals surface area (Å²) in [6.45, 7) is 0.948. The molecule has 0 spiro atoms. The maximum absolute atomic E-state index is 13.0. The average Bonchev–Trinajstić information content (AvgIpc) is 2.40. The van der Waals surface area contributed by atoms with Crippen molar-refractivity contribution in [3.63, 3.8) is 0 Å². The summed E-state index contributed by atoms with van der Waals surface area (Å²) in [5.41, 5.74) is -0.971. The second kappa shape index (κ2) is 5.63. The molecule has 19 heavy (non-hydrogen) atoms. The summed E-state index contributed by atoms with van der Waals surface area (Å²) in [5, 5.41) is 12.7. The molecule has 1 aliphatic rings. The number of halogens is 2. The van der Waals surface area contributed by atoms with E-state index in [0.29, 0.717) is 26.1 Å². The van der Waals surface area contributed by atoms with Crippen molar-refractivity contribution in [2.24, 2.45) is 0 Å². The Morgan fingerprint density at radius 2 is 2.00 bits per heavy atom. The minimum atomic E-state index is -1.07. The van der Waals surface area contributed by atoms with Crippen LogP contribution in [0.2, 0.25) is 0 Å². The zero-order valence-corrected chi connectivity index (χ0v) is 10.3. The molecule has 104 valence electrons. The number of rotatable bonds is 3. The van der Waals surface area contributed by atoms with Crippen molar-refractivity contribution in [1.29, 1.82) is 0 Å². The van der Waals surface area contributed by atoms with Crippen LogP contribution < -0.4 is 5.32 Å². The van der Waals surface area contributed by atoms with Gasteiger partial charge in [-0.15, -0.1) is 0 Å². The van der Waals surface area contributed by atoms with Gasteiger partial charge in [0.1, 0.15) is 0 Å². The molecule has 0 atom stereocenters. The van der Waals surface area contributed by atoms with Crippen LogP contribution in [0.15, 0.2) is 18.2 Å². The number of hydrogen-bond donors (Lipinski definition) is 2. The van der Waals surface area contributed by atoms with Gasteiger partial charge in [-0.05, 0) is 18.2 Å². The van der Waals surface area contributed by atoms with Crippen molar-refractivity contribution in [2.75, 3.05) is 19.8 Å². The highest BCUT2D eigenvalue weighted by Gasteiger charge is 2.30. The Kier molecular flexibility index (Phi) is 4.11. The summed E-state index contributed by atoms with van der Waals surface area (Å²) < 4.78 is 30.8. The summed E-state index contributed by atoms with van der Waals surface area (Å²) in [7, 11) is 0. The minimum Gasteiger partial charge on any atom is -0.388 e. The summed E-state index contributed by atoms with van der Waals surface area (Å²) >= 11 is 0. The fourth-order valence-corrected chi connectivity index (χ4v) is 1.91. The first-order chi connectivity index (χ1) is 9.00. The summed E-state index contributed by atoms with van der Waals surface area (Å²) in [6, 6.07) is 2.92. The number of hydrogen-bond acceptors (Lipinski definition) is 3. The van der Waals surface area contributed by atoms with Crippen LogP contribution in [0, 0.1) is 11.6 Å². The second-order valence-corrected chi connectivity index (χ2v) is 4.65. The summed E-state index contributed by atoms with van der Waals surface area (Å²) in [6.07, 6.45) is 0.871. The van der Waals surface area contributed by atoms with Gasteiger partial charge in [0.25, 0.3) is 5.91 Å². The molecule has 6 heteroatoms. The molecule has 1 aromatic carbocycles. The molecule has 0 bridgehead atoms. The normalized spacial score (nSPS) is 18.1. The van der Waals surface area contributed by atoms with Crippen LogP contribution in [-0.2, 0) is 4.74 Å². The van der Waals surface area contributed by atoms with Gasteiger partial charge in [-0.1, -0.05) is 0 Å². The first-order valence-corrected chi connectivity index (χ1v) is 6.04. The van der Waals surface area contributed by atoms with E-state index in [-0.39, 0.29) is 12.1 Å². The van der Waals surface area contributed by atoms with E-state index < -0.39 is 23.1 Å². The molecule has 0 unspecified atom stereocenters. The number of aliphatic hydroxyl groups is 1. The van der Waals surface area contributed by atoms with Crippen molar-refractivity contribution in [3.05, 3.63) is 35.4 Å². The first kappa shape index (κ1) is 13.9. The van der Waals surface area contributed by atoms with Gasteiger partial charge < -0.3 is 15.2 Å². The lowest BCUT2D eigenvalue weighted by Gasteiger charge is -2.32. The largest absolute Gasteiger partial charge is 0.388 e. The van der Waals surface area contributed by atoms with Crippen molar-refractivity contribution in [3.8, 4) is 0 Å². The predicted molar refractivity (Wildman–Crippen MR) is 63.7 cm³/mol. The zero-order valence-electron chi connectivity index (χ0n) is 10.3. The van der Waals surface area contributed by atoms with Gasteiger partial charge in [-0.3, -0.25) is 4.79 Å². The number of nitrogens with one attached hydrogen (secondary N) is 1. The Balaban J connectivity index is 1.95. The monoisotopic (exact) mass is 271 g/mol. The van der Waals surface area contributed by atoms with Gasteiger partial charge in [-0.25, -0.2) is 8.78 Å². The molecule has 0 radical (unpaired) electrons. The number of carbonyl (C=O) groups excluding carboxylic acids is 1. The molecule has 0 aliphatic carbocycles. The van der Waals surface area contributed by atoms with Gasteiger partial charge in [0.05, 0.1) is 5.60 Å². The molecule has 2 N–H and O–H groups in total. The van der Waals surface area contributed by atoms with Crippen LogP contribution in [0.4, 0.5) is 8.78 Å². The topological polar surface area (TPSA) is 58.6 Å². The molecule has 2 rings (SSSR count). The Hall–Kier alpha value is -1.53. The van der Waals surface area contributed by atoms with E-state index in [1.165, 1.54) is 6.07 Å². The Morgan fingerprint density at radius 1 is 1.32 bits per heavy atom. The van der Waals surface area contributed by atoms with Crippen molar-refractivity contribution in [1.82, 2.24) is 5.32 Å². The van der Waals surface area contributed by atoms with Gasteiger partial charge in [0.2, 0.25) is 0 Å². The molecule has 1 amide bonds. The lowest BCUT2D eigenvalue weighted by Crippen LogP contribution is -2.46. The van der Waals surface area contributed by atoms with Crippen LogP contribution >= 0.6 is 0 Å². The summed E-state index contributed by atoms with van der Waals surface area (Å²) in [4.78, 5) is 11.8. The molecule has 1 fully saturated rings. The molecule has 1 heterocycles. The number of amides is 1. The molecule has 0 aromatic heterocycles. The fraction of sp³-hybridized carbons (Fsp3) is 0.462. The molecule has 4 nitrogen and oxygen atoms in total. The second-order valence-electron chi connectivity index (χ2n) is 4.65. The number of carbonyl (C=O) groups is 1. The van der Waals surface area contributed by atoms with Crippen LogP contribution in [0.3, 0.4) is 0 Å². The van der Waals surface area contributed by atoms with Crippen LogP contribution in [0.25, 0.3) is 0 Å². The third kappa shape index (κ3) is 3.48. The van der Waals surface area contributed by atoms with Gasteiger partial charge in [-0.2, -0.15) is 0 Å². The van der Waals surface area contributed by atoms with Crippen LogP contribution in [0.5, 0.6) is 0 Å². The van der Waals surface area contributed by atoms with Gasteiger partial charge in [0.15, 0.2) is 11.6 Å². The zero-order chi connectivity index (χ0) is 13.9.